The molecule has 0 bridgehead atoms. The number of carbonyl (C=O) groups excluding carboxylic acids is 1. The van der Waals surface area contributed by atoms with Gasteiger partial charge in [0.1, 0.15) is 0 Å². The maximum atomic E-state index is 11.3. The van der Waals surface area contributed by atoms with Crippen LogP contribution in [0, 0.1) is 23.7 Å². The van der Waals surface area contributed by atoms with Gasteiger partial charge in [0.25, 0.3) is 0 Å². The Hall–Kier alpha value is -2.25. The molecule has 0 radical (unpaired) electrons. The largest absolute Gasteiger partial charge is 0.290 e. The van der Waals surface area contributed by atoms with Crippen LogP contribution in [0.2, 0.25) is 0 Å². The first kappa shape index (κ1) is 11.8. The second kappa shape index (κ2) is 6.27. The molecule has 0 saturated heterocycles. The lowest BCUT2D eigenvalue weighted by Crippen LogP contribution is -1.83. The summed E-state index contributed by atoms with van der Waals surface area (Å²) in [5, 5.41) is 0. The van der Waals surface area contributed by atoms with E-state index in [-0.39, 0.29) is 5.78 Å². The zero-order valence-corrected chi connectivity index (χ0v) is 9.37. The summed E-state index contributed by atoms with van der Waals surface area (Å²) in [6.45, 7) is 3.75. The van der Waals surface area contributed by atoms with E-state index in [9.17, 15) is 4.79 Å². The molecule has 0 spiro atoms. The minimum absolute atomic E-state index is 0.0479. The Morgan fingerprint density at radius 2 is 1.31 bits per heavy atom. The Morgan fingerprint density at radius 3 is 1.75 bits per heavy atom. The van der Waals surface area contributed by atoms with Crippen molar-refractivity contribution in [3.05, 3.63) is 47.6 Å². The van der Waals surface area contributed by atoms with Crippen molar-refractivity contribution >= 4 is 5.78 Å². The van der Waals surface area contributed by atoms with Gasteiger partial charge >= 0.3 is 0 Å². The summed E-state index contributed by atoms with van der Waals surface area (Å²) < 4.78 is 0. The molecule has 1 heteroatoms. The minimum Gasteiger partial charge on any atom is -0.290 e. The molecule has 0 aliphatic heterocycles. The predicted molar refractivity (Wildman–Crippen MR) is 66.4 cm³/mol. The van der Waals surface area contributed by atoms with E-state index < -0.39 is 0 Å². The third-order valence-electron chi connectivity index (χ3n) is 1.80. The van der Waals surface area contributed by atoms with Gasteiger partial charge in [0, 0.05) is 0 Å². The lowest BCUT2D eigenvalue weighted by Gasteiger charge is -1.83. The van der Waals surface area contributed by atoms with Gasteiger partial charge in [-0.05, 0) is 49.0 Å². The second-order valence-corrected chi connectivity index (χ2v) is 3.32. The highest BCUT2D eigenvalue weighted by atomic mass is 16.1. The number of hydrogen-bond acceptors (Lipinski definition) is 1. The van der Waals surface area contributed by atoms with Gasteiger partial charge in [0.05, 0.1) is 0 Å². The van der Waals surface area contributed by atoms with E-state index in [0.717, 1.165) is 11.1 Å². The summed E-state index contributed by atoms with van der Waals surface area (Å²) in [6, 6.07) is 0. The van der Waals surface area contributed by atoms with E-state index in [1.807, 2.05) is 13.8 Å². The molecule has 78 valence electrons. The fourth-order valence-corrected chi connectivity index (χ4v) is 0.973. The maximum absolute atomic E-state index is 11.3. The molecule has 1 rings (SSSR count). The van der Waals surface area contributed by atoms with Crippen molar-refractivity contribution in [2.75, 3.05) is 0 Å². The number of hydrogen-bond donors (Lipinski definition) is 0. The zero-order valence-electron chi connectivity index (χ0n) is 9.37. The van der Waals surface area contributed by atoms with Gasteiger partial charge in [-0.1, -0.05) is 36.1 Å². The Labute approximate surface area is 96.2 Å². The van der Waals surface area contributed by atoms with Crippen LogP contribution >= 0.6 is 0 Å². The smallest absolute Gasteiger partial charge is 0.178 e. The fourth-order valence-electron chi connectivity index (χ4n) is 0.973. The molecule has 0 fully saturated rings. The van der Waals surface area contributed by atoms with Crippen LogP contribution in [0.15, 0.2) is 47.6 Å². The molecule has 16 heavy (non-hydrogen) atoms. The summed E-state index contributed by atoms with van der Waals surface area (Å²) in [4.78, 5) is 11.3. The number of carbonyl (C=O) groups is 1. The topological polar surface area (TPSA) is 17.1 Å². The van der Waals surface area contributed by atoms with Crippen molar-refractivity contribution in [1.29, 1.82) is 0 Å². The molecule has 1 nitrogen and oxygen atoms in total. The van der Waals surface area contributed by atoms with Crippen LogP contribution in [0.25, 0.3) is 0 Å². The maximum Gasteiger partial charge on any atom is 0.178 e. The Bertz CT molecular complexity index is 469. The normalized spacial score (nSPS) is 22.5. The predicted octanol–water partition coefficient (Wildman–Crippen LogP) is 2.58. The van der Waals surface area contributed by atoms with Crippen molar-refractivity contribution in [2.45, 2.75) is 13.8 Å². The van der Waals surface area contributed by atoms with Crippen molar-refractivity contribution in [1.82, 2.24) is 0 Å². The lowest BCUT2D eigenvalue weighted by molar-refractivity contribution is -0.110. The van der Waals surface area contributed by atoms with Crippen LogP contribution in [0.1, 0.15) is 13.8 Å². The first-order chi connectivity index (χ1) is 7.68. The number of allylic oxidation sites excluding steroid dienone is 8. The van der Waals surface area contributed by atoms with Crippen molar-refractivity contribution < 1.29 is 4.79 Å². The van der Waals surface area contributed by atoms with Crippen LogP contribution in [-0.2, 0) is 4.79 Å². The zero-order chi connectivity index (χ0) is 11.8. The lowest BCUT2D eigenvalue weighted by atomic mass is 10.2. The standard InChI is InChI=1S/C15H12O/c1-13-7-3-4-8-14(2)10-6-12-15(16)11-5-9-13/h5-6,9-12H,1-2H3/b11-5+,12-6+,13-9-,14-10?. The molecular formula is C15H12O. The molecule has 0 aromatic carbocycles. The molecule has 0 unspecified atom stereocenters. The minimum atomic E-state index is -0.0479. The van der Waals surface area contributed by atoms with E-state index in [2.05, 4.69) is 23.7 Å². The Balaban J connectivity index is 3.07. The van der Waals surface area contributed by atoms with Gasteiger partial charge in [-0.2, -0.15) is 0 Å². The van der Waals surface area contributed by atoms with Crippen molar-refractivity contribution in [3.63, 3.8) is 0 Å². The van der Waals surface area contributed by atoms with E-state index >= 15 is 0 Å². The molecule has 1 aliphatic rings. The van der Waals surface area contributed by atoms with Gasteiger partial charge in [-0.25, -0.2) is 0 Å². The molecule has 0 N–H and O–H groups in total. The summed E-state index contributed by atoms with van der Waals surface area (Å²) in [7, 11) is 0. The van der Waals surface area contributed by atoms with Crippen LogP contribution in [0.5, 0.6) is 0 Å². The Morgan fingerprint density at radius 1 is 0.875 bits per heavy atom. The molecule has 0 aromatic rings. The molecule has 0 atom stereocenters. The van der Waals surface area contributed by atoms with Crippen molar-refractivity contribution in [2.24, 2.45) is 0 Å². The van der Waals surface area contributed by atoms with Gasteiger partial charge in [0.2, 0.25) is 0 Å². The highest BCUT2D eigenvalue weighted by molar-refractivity contribution is 5.99. The fraction of sp³-hybridized carbons (Fsp3) is 0.133. The SMILES string of the molecule is CC1=C/C=C/C(=O)/C=C/C=C(/C)C#CC#C1. The van der Waals surface area contributed by atoms with Gasteiger partial charge < -0.3 is 0 Å². The van der Waals surface area contributed by atoms with E-state index in [0.29, 0.717) is 0 Å². The van der Waals surface area contributed by atoms with Crippen LogP contribution in [0.3, 0.4) is 0 Å². The van der Waals surface area contributed by atoms with Gasteiger partial charge in [0.15, 0.2) is 5.78 Å². The van der Waals surface area contributed by atoms with Gasteiger partial charge in [-0.3, -0.25) is 4.79 Å². The first-order valence-corrected chi connectivity index (χ1v) is 4.94. The second-order valence-electron chi connectivity index (χ2n) is 3.32. The molecule has 0 heterocycles. The van der Waals surface area contributed by atoms with E-state index in [1.54, 1.807) is 24.3 Å². The van der Waals surface area contributed by atoms with Crippen molar-refractivity contribution in [3.8, 4) is 23.7 Å². The summed E-state index contributed by atoms with van der Waals surface area (Å²) in [5.74, 6) is 11.2. The average molecular weight is 208 g/mol. The summed E-state index contributed by atoms with van der Waals surface area (Å²) >= 11 is 0. The van der Waals surface area contributed by atoms with E-state index in [4.69, 9.17) is 0 Å². The average Bonchev–Trinajstić information content (AvgIpc) is 2.24. The number of ketones is 1. The quantitative estimate of drug-likeness (QED) is 0.559. The highest BCUT2D eigenvalue weighted by Gasteiger charge is 1.86. The van der Waals surface area contributed by atoms with Crippen LogP contribution in [0.4, 0.5) is 0 Å². The summed E-state index contributed by atoms with van der Waals surface area (Å²) in [6.07, 6.45) is 9.97. The molecule has 0 amide bonds. The third-order valence-corrected chi connectivity index (χ3v) is 1.80. The Kier molecular flexibility index (Phi) is 4.64. The van der Waals surface area contributed by atoms with Crippen LogP contribution in [-0.4, -0.2) is 5.78 Å². The summed E-state index contributed by atoms with van der Waals surface area (Å²) in [5.41, 5.74) is 1.76. The highest BCUT2D eigenvalue weighted by Crippen LogP contribution is 1.94. The molecular weight excluding hydrogens is 196 g/mol. The monoisotopic (exact) mass is 208 g/mol. The van der Waals surface area contributed by atoms with Gasteiger partial charge in [-0.15, -0.1) is 0 Å². The first-order valence-electron chi connectivity index (χ1n) is 4.94. The van der Waals surface area contributed by atoms with Crippen LogP contribution < -0.4 is 0 Å². The third kappa shape index (κ3) is 4.84. The number of rotatable bonds is 0. The molecule has 1 aliphatic carbocycles. The van der Waals surface area contributed by atoms with E-state index in [1.165, 1.54) is 12.2 Å². The molecule has 0 saturated carbocycles. The molecule has 0 aromatic heterocycles.